The van der Waals surface area contributed by atoms with Gasteiger partial charge in [0.2, 0.25) is 0 Å². The monoisotopic (exact) mass is 178 g/mol. The Morgan fingerprint density at radius 2 is 2.38 bits per heavy atom. The minimum atomic E-state index is -0.144. The number of hydrogen-bond acceptors (Lipinski definition) is 3. The van der Waals surface area contributed by atoms with E-state index in [2.05, 4.69) is 16.4 Å². The maximum atomic E-state index is 8.83. The summed E-state index contributed by atoms with van der Waals surface area (Å²) in [7, 11) is 0. The maximum Gasteiger partial charge on any atom is 0.114 e. The maximum absolute atomic E-state index is 8.83. The SMILES string of the molecule is CC(C)NC(C#N)Cn1ccnc1. The molecule has 1 rings (SSSR count). The van der Waals surface area contributed by atoms with Crippen LogP contribution in [0, 0.1) is 11.3 Å². The van der Waals surface area contributed by atoms with Crippen LogP contribution in [0.25, 0.3) is 0 Å². The van der Waals surface area contributed by atoms with Crippen LogP contribution in [0.4, 0.5) is 0 Å². The number of hydrogen-bond donors (Lipinski definition) is 1. The van der Waals surface area contributed by atoms with Gasteiger partial charge in [-0.1, -0.05) is 0 Å². The first kappa shape index (κ1) is 9.75. The molecule has 0 fully saturated rings. The minimum absolute atomic E-state index is 0.144. The molecule has 0 aliphatic heterocycles. The van der Waals surface area contributed by atoms with Crippen LogP contribution in [0.2, 0.25) is 0 Å². The van der Waals surface area contributed by atoms with Crippen molar-refractivity contribution >= 4 is 0 Å². The molecule has 0 spiro atoms. The lowest BCUT2D eigenvalue weighted by Crippen LogP contribution is -2.36. The molecule has 0 saturated carbocycles. The van der Waals surface area contributed by atoms with Crippen LogP contribution in [-0.2, 0) is 6.54 Å². The largest absolute Gasteiger partial charge is 0.335 e. The Morgan fingerprint density at radius 3 is 2.85 bits per heavy atom. The molecule has 1 aromatic rings. The van der Waals surface area contributed by atoms with Gasteiger partial charge in [-0.15, -0.1) is 0 Å². The summed E-state index contributed by atoms with van der Waals surface area (Å²) in [5.74, 6) is 0. The zero-order chi connectivity index (χ0) is 9.68. The van der Waals surface area contributed by atoms with Crippen LogP contribution in [0.5, 0.6) is 0 Å². The summed E-state index contributed by atoms with van der Waals surface area (Å²) in [6.07, 6.45) is 5.28. The lowest BCUT2D eigenvalue weighted by molar-refractivity contribution is 0.477. The second-order valence-corrected chi connectivity index (χ2v) is 3.26. The fourth-order valence-electron chi connectivity index (χ4n) is 1.14. The van der Waals surface area contributed by atoms with E-state index in [-0.39, 0.29) is 6.04 Å². The highest BCUT2D eigenvalue weighted by atomic mass is 15.1. The van der Waals surface area contributed by atoms with E-state index in [1.54, 1.807) is 12.5 Å². The Morgan fingerprint density at radius 1 is 1.62 bits per heavy atom. The Hall–Kier alpha value is -1.34. The third-order valence-corrected chi connectivity index (χ3v) is 1.64. The summed E-state index contributed by atoms with van der Waals surface area (Å²) >= 11 is 0. The quantitative estimate of drug-likeness (QED) is 0.741. The molecule has 4 heteroatoms. The molecule has 13 heavy (non-hydrogen) atoms. The summed E-state index contributed by atoms with van der Waals surface area (Å²) in [5.41, 5.74) is 0. The summed E-state index contributed by atoms with van der Waals surface area (Å²) in [6.45, 7) is 4.70. The van der Waals surface area contributed by atoms with Crippen molar-refractivity contribution in [3.05, 3.63) is 18.7 Å². The lowest BCUT2D eigenvalue weighted by Gasteiger charge is -2.14. The van der Waals surface area contributed by atoms with Crippen molar-refractivity contribution in [1.29, 1.82) is 5.26 Å². The predicted octanol–water partition coefficient (Wildman–Crippen LogP) is 0.773. The second kappa shape index (κ2) is 4.63. The normalized spacial score (nSPS) is 12.8. The first-order valence-electron chi connectivity index (χ1n) is 4.33. The van der Waals surface area contributed by atoms with E-state index in [9.17, 15) is 0 Å². The van der Waals surface area contributed by atoms with Crippen LogP contribution in [-0.4, -0.2) is 21.6 Å². The molecule has 1 atom stereocenters. The van der Waals surface area contributed by atoms with Crippen LogP contribution in [0.1, 0.15) is 13.8 Å². The van der Waals surface area contributed by atoms with Crippen LogP contribution in [0.15, 0.2) is 18.7 Å². The average Bonchev–Trinajstić information content (AvgIpc) is 2.55. The zero-order valence-corrected chi connectivity index (χ0v) is 7.94. The molecule has 1 heterocycles. The van der Waals surface area contributed by atoms with Crippen LogP contribution in [0.3, 0.4) is 0 Å². The van der Waals surface area contributed by atoms with Crippen LogP contribution < -0.4 is 5.32 Å². The number of aromatic nitrogens is 2. The molecule has 0 bridgehead atoms. The third kappa shape index (κ3) is 3.26. The van der Waals surface area contributed by atoms with Gasteiger partial charge in [-0.2, -0.15) is 5.26 Å². The molecule has 1 aromatic heterocycles. The number of rotatable bonds is 4. The highest BCUT2D eigenvalue weighted by Gasteiger charge is 2.08. The van der Waals surface area contributed by atoms with Crippen molar-refractivity contribution < 1.29 is 0 Å². The molecule has 1 N–H and O–H groups in total. The molecular weight excluding hydrogens is 164 g/mol. The molecule has 4 nitrogen and oxygen atoms in total. The predicted molar refractivity (Wildman–Crippen MR) is 49.9 cm³/mol. The smallest absolute Gasteiger partial charge is 0.114 e. The Bertz CT molecular complexity index is 270. The first-order chi connectivity index (χ1) is 6.22. The average molecular weight is 178 g/mol. The fourth-order valence-corrected chi connectivity index (χ4v) is 1.14. The van der Waals surface area contributed by atoms with Crippen molar-refractivity contribution in [3.63, 3.8) is 0 Å². The minimum Gasteiger partial charge on any atom is -0.335 e. The molecule has 0 radical (unpaired) electrons. The van der Waals surface area contributed by atoms with Gasteiger partial charge >= 0.3 is 0 Å². The summed E-state index contributed by atoms with van der Waals surface area (Å²) in [5, 5.41) is 12.0. The number of imidazole rings is 1. The first-order valence-corrected chi connectivity index (χ1v) is 4.33. The number of nitrogens with one attached hydrogen (secondary N) is 1. The molecule has 0 aliphatic rings. The van der Waals surface area contributed by atoms with Gasteiger partial charge in [-0.3, -0.25) is 5.32 Å². The molecule has 1 unspecified atom stereocenters. The van der Waals surface area contributed by atoms with Gasteiger partial charge in [0.25, 0.3) is 0 Å². The standard InChI is InChI=1S/C9H14N4/c1-8(2)12-9(5-10)6-13-4-3-11-7-13/h3-4,7-9,12H,6H2,1-2H3. The summed E-state index contributed by atoms with van der Waals surface area (Å²) < 4.78 is 1.89. The van der Waals surface area contributed by atoms with E-state index in [4.69, 9.17) is 5.26 Å². The van der Waals surface area contributed by atoms with Crippen molar-refractivity contribution in [3.8, 4) is 6.07 Å². The van der Waals surface area contributed by atoms with E-state index >= 15 is 0 Å². The highest BCUT2D eigenvalue weighted by molar-refractivity contribution is 4.92. The topological polar surface area (TPSA) is 53.6 Å². The molecule has 0 amide bonds. The van der Waals surface area contributed by atoms with Gasteiger partial charge in [0, 0.05) is 18.4 Å². The van der Waals surface area contributed by atoms with E-state index in [1.807, 2.05) is 24.6 Å². The van der Waals surface area contributed by atoms with Gasteiger partial charge in [0.05, 0.1) is 18.9 Å². The zero-order valence-electron chi connectivity index (χ0n) is 7.94. The molecule has 70 valence electrons. The van der Waals surface area contributed by atoms with E-state index < -0.39 is 0 Å². The highest BCUT2D eigenvalue weighted by Crippen LogP contribution is 1.93. The molecule has 0 aliphatic carbocycles. The van der Waals surface area contributed by atoms with E-state index in [0.29, 0.717) is 12.6 Å². The summed E-state index contributed by atoms with van der Waals surface area (Å²) in [4.78, 5) is 3.91. The lowest BCUT2D eigenvalue weighted by atomic mass is 10.2. The Kier molecular flexibility index (Phi) is 3.47. The van der Waals surface area contributed by atoms with Crippen LogP contribution >= 0.6 is 0 Å². The van der Waals surface area contributed by atoms with E-state index in [1.165, 1.54) is 0 Å². The van der Waals surface area contributed by atoms with Crippen molar-refractivity contribution in [2.45, 2.75) is 32.5 Å². The van der Waals surface area contributed by atoms with Gasteiger partial charge in [-0.05, 0) is 13.8 Å². The Balaban J connectivity index is 2.46. The van der Waals surface area contributed by atoms with Gasteiger partial charge in [0.15, 0.2) is 0 Å². The summed E-state index contributed by atoms with van der Waals surface area (Å²) in [6, 6.07) is 2.39. The van der Waals surface area contributed by atoms with Crippen molar-refractivity contribution in [1.82, 2.24) is 14.9 Å². The molecule has 0 saturated heterocycles. The van der Waals surface area contributed by atoms with Crippen molar-refractivity contribution in [2.75, 3.05) is 0 Å². The second-order valence-electron chi connectivity index (χ2n) is 3.26. The number of nitrogens with zero attached hydrogens (tertiary/aromatic N) is 3. The molecular formula is C9H14N4. The van der Waals surface area contributed by atoms with Crippen molar-refractivity contribution in [2.24, 2.45) is 0 Å². The Labute approximate surface area is 78.2 Å². The van der Waals surface area contributed by atoms with Gasteiger partial charge in [0.1, 0.15) is 6.04 Å². The number of nitriles is 1. The molecule has 0 aromatic carbocycles. The van der Waals surface area contributed by atoms with Gasteiger partial charge < -0.3 is 4.57 Å². The fraction of sp³-hybridized carbons (Fsp3) is 0.556. The van der Waals surface area contributed by atoms with Gasteiger partial charge in [-0.25, -0.2) is 4.98 Å². The van der Waals surface area contributed by atoms with E-state index in [0.717, 1.165) is 0 Å². The third-order valence-electron chi connectivity index (χ3n) is 1.64.